The standard InChI is InChI=1S/C19H20F3NO4/c1-3-4-11-25-18(24)13(2)26-15-6-8-16(9-7-15)27-17-10-5-14(12-23-17)19(20,21)22/h5-10,12-13H,3-4,11H2,1-2H3/i1D3,3D2,4D2,11D2. The van der Waals surface area contributed by atoms with Gasteiger partial charge in [0.25, 0.3) is 0 Å². The summed E-state index contributed by atoms with van der Waals surface area (Å²) in [5.74, 6) is -1.38. The van der Waals surface area contributed by atoms with Crippen LogP contribution in [0.3, 0.4) is 0 Å². The van der Waals surface area contributed by atoms with Gasteiger partial charge in [0.15, 0.2) is 6.10 Å². The predicted octanol–water partition coefficient (Wildman–Crippen LogP) is 5.00. The van der Waals surface area contributed by atoms with Gasteiger partial charge in [0.2, 0.25) is 5.88 Å². The fraction of sp³-hybridized carbons (Fsp3) is 0.368. The van der Waals surface area contributed by atoms with Crippen molar-refractivity contribution in [3.8, 4) is 17.4 Å². The van der Waals surface area contributed by atoms with E-state index in [-0.39, 0.29) is 17.4 Å². The minimum atomic E-state index is -4.55. The molecule has 0 aliphatic rings. The predicted molar refractivity (Wildman–Crippen MR) is 91.7 cm³/mol. The van der Waals surface area contributed by atoms with Crippen LogP contribution in [0.5, 0.6) is 17.4 Å². The molecule has 5 nitrogen and oxygen atoms in total. The highest BCUT2D eigenvalue weighted by Gasteiger charge is 2.30. The monoisotopic (exact) mass is 392 g/mol. The minimum absolute atomic E-state index is 0.0357. The quantitative estimate of drug-likeness (QED) is 0.592. The number of rotatable bonds is 8. The molecule has 0 saturated heterocycles. The molecule has 1 atom stereocenters. The number of nitrogens with zero attached hydrogens (tertiary/aromatic N) is 1. The van der Waals surface area contributed by atoms with E-state index in [1.807, 2.05) is 0 Å². The van der Waals surface area contributed by atoms with Gasteiger partial charge in [-0.1, -0.05) is 13.2 Å². The molecule has 0 saturated carbocycles. The lowest BCUT2D eigenvalue weighted by Crippen LogP contribution is -2.26. The molecule has 1 unspecified atom stereocenters. The summed E-state index contributed by atoms with van der Waals surface area (Å²) in [6.07, 6.45) is -12.9. The van der Waals surface area contributed by atoms with Crippen LogP contribution in [0.25, 0.3) is 0 Å². The maximum Gasteiger partial charge on any atom is 0.417 e. The van der Waals surface area contributed by atoms with E-state index in [0.717, 1.165) is 19.1 Å². The molecular weight excluding hydrogens is 363 g/mol. The van der Waals surface area contributed by atoms with Gasteiger partial charge in [-0.2, -0.15) is 13.2 Å². The van der Waals surface area contributed by atoms with Crippen molar-refractivity contribution in [2.75, 3.05) is 6.56 Å². The van der Waals surface area contributed by atoms with Crippen LogP contribution in [0.1, 0.15) is 44.4 Å². The van der Waals surface area contributed by atoms with Gasteiger partial charge in [0.05, 0.1) is 14.9 Å². The minimum Gasteiger partial charge on any atom is -0.479 e. The van der Waals surface area contributed by atoms with E-state index in [2.05, 4.69) is 9.72 Å². The van der Waals surface area contributed by atoms with Crippen LogP contribution < -0.4 is 9.47 Å². The number of esters is 1. The molecule has 2 rings (SSSR count). The SMILES string of the molecule is [2H]C([2H])([2H])C([2H])([2H])C([2H])([2H])C([2H])([2H])OC(=O)C(C)Oc1ccc(Oc2ccc(C(F)(F)F)cn2)cc1. The van der Waals surface area contributed by atoms with E-state index in [9.17, 15) is 18.0 Å². The maximum absolute atomic E-state index is 12.6. The van der Waals surface area contributed by atoms with Gasteiger partial charge in [0.1, 0.15) is 11.5 Å². The van der Waals surface area contributed by atoms with Crippen LogP contribution in [-0.2, 0) is 15.7 Å². The van der Waals surface area contributed by atoms with Crippen molar-refractivity contribution in [2.45, 2.75) is 38.8 Å². The third-order valence-electron chi connectivity index (χ3n) is 3.02. The summed E-state index contributed by atoms with van der Waals surface area (Å²) in [6, 6.07) is 7.06. The first-order valence-corrected chi connectivity index (χ1v) is 7.40. The Morgan fingerprint density at radius 1 is 1.22 bits per heavy atom. The molecule has 0 amide bonds. The summed E-state index contributed by atoms with van der Waals surface area (Å²) < 4.78 is 120. The van der Waals surface area contributed by atoms with Crippen molar-refractivity contribution in [1.82, 2.24) is 4.98 Å². The average molecular weight is 392 g/mol. The van der Waals surface area contributed by atoms with E-state index < -0.39 is 50.0 Å². The second-order valence-corrected chi connectivity index (χ2v) is 4.99. The van der Waals surface area contributed by atoms with Gasteiger partial charge in [-0.3, -0.25) is 0 Å². The summed E-state index contributed by atoms with van der Waals surface area (Å²) in [5, 5.41) is 0. The number of alkyl halides is 3. The average Bonchev–Trinajstić information content (AvgIpc) is 2.73. The summed E-state index contributed by atoms with van der Waals surface area (Å²) in [5.41, 5.74) is -0.952. The summed E-state index contributed by atoms with van der Waals surface area (Å²) in [7, 11) is 0. The zero-order valence-corrected chi connectivity index (χ0v) is 13.8. The van der Waals surface area contributed by atoms with Crippen molar-refractivity contribution >= 4 is 5.97 Å². The number of carbonyl (C=O) groups is 1. The van der Waals surface area contributed by atoms with Crippen molar-refractivity contribution in [3.05, 3.63) is 48.2 Å². The Hall–Kier alpha value is -2.77. The summed E-state index contributed by atoms with van der Waals surface area (Å²) >= 11 is 0. The summed E-state index contributed by atoms with van der Waals surface area (Å²) in [6.45, 7) is -6.10. The first kappa shape index (κ1) is 11.2. The van der Waals surface area contributed by atoms with Gasteiger partial charge in [0, 0.05) is 21.9 Å². The molecule has 0 N–H and O–H groups in total. The Morgan fingerprint density at radius 3 is 2.52 bits per heavy atom. The lowest BCUT2D eigenvalue weighted by Gasteiger charge is -2.14. The number of halogens is 3. The molecule has 0 aliphatic heterocycles. The molecule has 0 fully saturated rings. The second-order valence-electron chi connectivity index (χ2n) is 4.99. The molecule has 0 spiro atoms. The summed E-state index contributed by atoms with van der Waals surface area (Å²) in [4.78, 5) is 15.8. The van der Waals surface area contributed by atoms with E-state index >= 15 is 0 Å². The van der Waals surface area contributed by atoms with Crippen molar-refractivity contribution < 1.29 is 44.5 Å². The normalized spacial score (nSPS) is 19.3. The molecule has 2 aromatic rings. The Labute approximate surface area is 167 Å². The number of benzene rings is 1. The fourth-order valence-corrected chi connectivity index (χ4v) is 1.75. The lowest BCUT2D eigenvalue weighted by molar-refractivity contribution is -0.151. The van der Waals surface area contributed by atoms with E-state index in [1.165, 1.54) is 24.3 Å². The third-order valence-corrected chi connectivity index (χ3v) is 3.02. The molecule has 0 bridgehead atoms. The number of hydrogen-bond donors (Lipinski definition) is 0. The van der Waals surface area contributed by atoms with Crippen molar-refractivity contribution in [3.63, 3.8) is 0 Å². The first-order valence-electron chi connectivity index (χ1n) is 11.9. The molecule has 8 heteroatoms. The van der Waals surface area contributed by atoms with E-state index in [4.69, 9.17) is 21.8 Å². The highest BCUT2D eigenvalue weighted by Crippen LogP contribution is 2.30. The van der Waals surface area contributed by atoms with Crippen LogP contribution in [0.4, 0.5) is 13.2 Å². The van der Waals surface area contributed by atoms with Gasteiger partial charge < -0.3 is 14.2 Å². The van der Waals surface area contributed by atoms with Crippen LogP contribution in [0.15, 0.2) is 42.6 Å². The maximum atomic E-state index is 12.6. The topological polar surface area (TPSA) is 57.7 Å². The number of ether oxygens (including phenoxy) is 3. The molecule has 1 aromatic heterocycles. The van der Waals surface area contributed by atoms with Gasteiger partial charge >= 0.3 is 12.1 Å². The second kappa shape index (κ2) is 9.25. The van der Waals surface area contributed by atoms with Crippen LogP contribution in [0.2, 0.25) is 0 Å². The number of pyridine rings is 1. The van der Waals surface area contributed by atoms with Crippen LogP contribution >= 0.6 is 0 Å². The van der Waals surface area contributed by atoms with Crippen molar-refractivity contribution in [1.29, 1.82) is 0 Å². The van der Waals surface area contributed by atoms with Gasteiger partial charge in [-0.25, -0.2) is 9.78 Å². The number of aromatic nitrogens is 1. The largest absolute Gasteiger partial charge is 0.479 e. The Bertz CT molecular complexity index is 1060. The third kappa shape index (κ3) is 6.47. The zero-order valence-electron chi connectivity index (χ0n) is 22.8. The molecule has 0 aliphatic carbocycles. The number of carbonyl (C=O) groups excluding carboxylic acids is 1. The molecule has 1 aromatic carbocycles. The van der Waals surface area contributed by atoms with Crippen LogP contribution in [0, 0.1) is 0 Å². The van der Waals surface area contributed by atoms with Gasteiger partial charge in [-0.05, 0) is 43.6 Å². The smallest absolute Gasteiger partial charge is 0.417 e. The van der Waals surface area contributed by atoms with Crippen LogP contribution in [-0.4, -0.2) is 23.6 Å². The lowest BCUT2D eigenvalue weighted by atomic mass is 10.3. The molecule has 146 valence electrons. The Morgan fingerprint density at radius 2 is 1.93 bits per heavy atom. The highest BCUT2D eigenvalue weighted by atomic mass is 19.4. The van der Waals surface area contributed by atoms with E-state index in [0.29, 0.717) is 6.20 Å². The van der Waals surface area contributed by atoms with Gasteiger partial charge in [-0.15, -0.1) is 0 Å². The van der Waals surface area contributed by atoms with E-state index in [1.54, 1.807) is 0 Å². The van der Waals surface area contributed by atoms with Crippen molar-refractivity contribution in [2.24, 2.45) is 0 Å². The zero-order chi connectivity index (χ0) is 27.7. The molecule has 27 heavy (non-hydrogen) atoms. The Kier molecular flexibility index (Phi) is 3.82. The number of hydrogen-bond acceptors (Lipinski definition) is 5. The highest BCUT2D eigenvalue weighted by molar-refractivity contribution is 5.74. The molecule has 0 radical (unpaired) electrons. The first-order chi connectivity index (χ1) is 16.2. The molecule has 1 heterocycles. The Balaban J connectivity index is 2.03. The molecular formula is C19H20F3NO4. The fourth-order valence-electron chi connectivity index (χ4n) is 1.75.